The molecule has 0 saturated heterocycles. The predicted octanol–water partition coefficient (Wildman–Crippen LogP) is 1.18. The van der Waals surface area contributed by atoms with Crippen LogP contribution in [0.4, 0.5) is 0 Å². The Morgan fingerprint density at radius 2 is 2.07 bits per heavy atom. The van der Waals surface area contributed by atoms with Crippen LogP contribution in [0.3, 0.4) is 0 Å². The third-order valence-corrected chi connectivity index (χ3v) is 2.18. The van der Waals surface area contributed by atoms with E-state index in [4.69, 9.17) is 10.8 Å². The van der Waals surface area contributed by atoms with E-state index in [1.54, 1.807) is 6.20 Å². The minimum atomic E-state index is -1.04. The smallest absolute Gasteiger partial charge is 0.341 e. The first-order chi connectivity index (χ1) is 6.70. The molecule has 72 valence electrons. The molecule has 2 rings (SSSR count). The van der Waals surface area contributed by atoms with Gasteiger partial charge < -0.3 is 15.4 Å². The van der Waals surface area contributed by atoms with Gasteiger partial charge in [-0.2, -0.15) is 0 Å². The van der Waals surface area contributed by atoms with E-state index < -0.39 is 12.1 Å². The van der Waals surface area contributed by atoms with Gasteiger partial charge in [0.1, 0.15) is 0 Å². The summed E-state index contributed by atoms with van der Waals surface area (Å²) in [6.45, 7) is 0. The largest absolute Gasteiger partial charge is 0.479 e. The number of rotatable bonds is 2. The van der Waals surface area contributed by atoms with Crippen molar-refractivity contribution in [2.75, 3.05) is 0 Å². The first-order valence-electron chi connectivity index (χ1n) is 4.24. The van der Waals surface area contributed by atoms with Gasteiger partial charge in [-0.25, -0.2) is 4.79 Å². The molecule has 1 aromatic carbocycles. The molecule has 0 radical (unpaired) electrons. The van der Waals surface area contributed by atoms with Crippen LogP contribution in [-0.4, -0.2) is 15.6 Å². The molecular formula is C10H10N2O2. The monoisotopic (exact) mass is 190 g/mol. The summed E-state index contributed by atoms with van der Waals surface area (Å²) in [5, 5.41) is 9.76. The Labute approximate surface area is 80.6 Å². The highest BCUT2D eigenvalue weighted by atomic mass is 16.4. The van der Waals surface area contributed by atoms with Crippen LogP contribution in [0, 0.1) is 0 Å². The van der Waals surface area contributed by atoms with Gasteiger partial charge in [-0.15, -0.1) is 0 Å². The molecule has 0 amide bonds. The van der Waals surface area contributed by atoms with Crippen LogP contribution in [0.2, 0.25) is 0 Å². The first kappa shape index (κ1) is 8.77. The van der Waals surface area contributed by atoms with Crippen molar-refractivity contribution in [2.24, 2.45) is 5.73 Å². The van der Waals surface area contributed by atoms with Crippen LogP contribution in [0.1, 0.15) is 6.17 Å². The van der Waals surface area contributed by atoms with Crippen LogP contribution in [-0.2, 0) is 4.79 Å². The Morgan fingerprint density at radius 1 is 1.36 bits per heavy atom. The molecule has 0 unspecified atom stereocenters. The zero-order valence-corrected chi connectivity index (χ0v) is 7.42. The third-order valence-electron chi connectivity index (χ3n) is 2.18. The van der Waals surface area contributed by atoms with Crippen LogP contribution in [0.5, 0.6) is 0 Å². The maximum absolute atomic E-state index is 10.7. The van der Waals surface area contributed by atoms with Crippen molar-refractivity contribution in [1.82, 2.24) is 4.57 Å². The lowest BCUT2D eigenvalue weighted by molar-refractivity contribution is -0.140. The fourth-order valence-electron chi connectivity index (χ4n) is 1.47. The molecule has 3 N–H and O–H groups in total. The van der Waals surface area contributed by atoms with Gasteiger partial charge >= 0.3 is 5.97 Å². The molecule has 0 bridgehead atoms. The maximum atomic E-state index is 10.7. The number of aromatic nitrogens is 1. The number of nitrogens with zero attached hydrogens (tertiary/aromatic N) is 1. The summed E-state index contributed by atoms with van der Waals surface area (Å²) in [7, 11) is 0. The van der Waals surface area contributed by atoms with Crippen LogP contribution in [0.15, 0.2) is 36.5 Å². The van der Waals surface area contributed by atoms with Gasteiger partial charge in [-0.1, -0.05) is 18.2 Å². The fraction of sp³-hybridized carbons (Fsp3) is 0.100. The predicted molar refractivity (Wildman–Crippen MR) is 52.8 cm³/mol. The van der Waals surface area contributed by atoms with E-state index in [1.807, 2.05) is 30.3 Å². The van der Waals surface area contributed by atoms with E-state index in [9.17, 15) is 4.79 Å². The van der Waals surface area contributed by atoms with E-state index in [2.05, 4.69) is 0 Å². The number of nitrogens with two attached hydrogens (primary N) is 1. The second-order valence-electron chi connectivity index (χ2n) is 3.06. The van der Waals surface area contributed by atoms with Gasteiger partial charge in [0.2, 0.25) is 0 Å². The van der Waals surface area contributed by atoms with Crippen molar-refractivity contribution in [2.45, 2.75) is 6.17 Å². The molecular weight excluding hydrogens is 180 g/mol. The number of carboxylic acid groups (broad SMARTS) is 1. The molecule has 0 aliphatic carbocycles. The molecule has 4 heteroatoms. The molecule has 1 heterocycles. The van der Waals surface area contributed by atoms with Crippen LogP contribution >= 0.6 is 0 Å². The SMILES string of the molecule is N[C@H](C(=O)O)n1ccc2ccccc21. The Balaban J connectivity index is 2.58. The van der Waals surface area contributed by atoms with Crippen molar-refractivity contribution in [1.29, 1.82) is 0 Å². The average molecular weight is 190 g/mol. The molecule has 2 aromatic rings. The molecule has 1 atom stereocenters. The summed E-state index contributed by atoms with van der Waals surface area (Å²) < 4.78 is 1.54. The Morgan fingerprint density at radius 3 is 2.79 bits per heavy atom. The van der Waals surface area contributed by atoms with Gasteiger partial charge in [0.15, 0.2) is 6.17 Å². The average Bonchev–Trinajstić information content (AvgIpc) is 2.60. The Bertz CT molecular complexity index is 476. The molecule has 0 aliphatic heterocycles. The molecule has 1 aromatic heterocycles. The van der Waals surface area contributed by atoms with E-state index in [0.717, 1.165) is 10.9 Å². The first-order valence-corrected chi connectivity index (χ1v) is 4.24. The number of aliphatic carboxylic acids is 1. The highest BCUT2D eigenvalue weighted by Crippen LogP contribution is 2.17. The number of para-hydroxylation sites is 1. The molecule has 0 spiro atoms. The zero-order chi connectivity index (χ0) is 10.1. The highest BCUT2D eigenvalue weighted by Gasteiger charge is 2.14. The summed E-state index contributed by atoms with van der Waals surface area (Å²) in [6.07, 6.45) is 0.665. The van der Waals surface area contributed by atoms with Gasteiger partial charge in [0.05, 0.1) is 0 Å². The summed E-state index contributed by atoms with van der Waals surface area (Å²) in [4.78, 5) is 10.7. The van der Waals surface area contributed by atoms with Crippen molar-refractivity contribution < 1.29 is 9.90 Å². The van der Waals surface area contributed by atoms with Crippen LogP contribution < -0.4 is 5.73 Å². The second-order valence-corrected chi connectivity index (χ2v) is 3.06. The summed E-state index contributed by atoms with van der Waals surface area (Å²) in [5.41, 5.74) is 6.35. The highest BCUT2D eigenvalue weighted by molar-refractivity contribution is 5.82. The summed E-state index contributed by atoms with van der Waals surface area (Å²) in [5.74, 6) is -1.04. The second kappa shape index (κ2) is 3.16. The minimum Gasteiger partial charge on any atom is -0.479 e. The van der Waals surface area contributed by atoms with E-state index in [1.165, 1.54) is 4.57 Å². The number of carbonyl (C=O) groups is 1. The van der Waals surface area contributed by atoms with E-state index in [0.29, 0.717) is 0 Å². The zero-order valence-electron chi connectivity index (χ0n) is 7.42. The van der Waals surface area contributed by atoms with Gasteiger partial charge in [0, 0.05) is 11.7 Å². The minimum absolute atomic E-state index is 0.836. The number of carboxylic acids is 1. The van der Waals surface area contributed by atoms with Gasteiger partial charge in [0.25, 0.3) is 0 Å². The van der Waals surface area contributed by atoms with Crippen molar-refractivity contribution in [3.63, 3.8) is 0 Å². The van der Waals surface area contributed by atoms with Crippen molar-refractivity contribution in [3.8, 4) is 0 Å². The van der Waals surface area contributed by atoms with E-state index >= 15 is 0 Å². The molecule has 14 heavy (non-hydrogen) atoms. The molecule has 4 nitrogen and oxygen atoms in total. The summed E-state index contributed by atoms with van der Waals surface area (Å²) >= 11 is 0. The lowest BCUT2D eigenvalue weighted by Gasteiger charge is -2.09. The van der Waals surface area contributed by atoms with E-state index in [-0.39, 0.29) is 0 Å². The summed E-state index contributed by atoms with van der Waals surface area (Å²) in [6, 6.07) is 9.36. The quantitative estimate of drug-likeness (QED) is 0.747. The fourth-order valence-corrected chi connectivity index (χ4v) is 1.47. The molecule has 0 aliphatic rings. The van der Waals surface area contributed by atoms with Gasteiger partial charge in [-0.05, 0) is 17.5 Å². The normalized spacial score (nSPS) is 12.9. The van der Waals surface area contributed by atoms with Crippen molar-refractivity contribution in [3.05, 3.63) is 36.5 Å². The lowest BCUT2D eigenvalue weighted by Crippen LogP contribution is -2.26. The number of hydrogen-bond acceptors (Lipinski definition) is 2. The standard InChI is InChI=1S/C10H10N2O2/c11-9(10(13)14)12-6-5-7-3-1-2-4-8(7)12/h1-6,9H,11H2,(H,13,14)/t9-/m0/s1. The topological polar surface area (TPSA) is 68.2 Å². The van der Waals surface area contributed by atoms with Crippen LogP contribution in [0.25, 0.3) is 10.9 Å². The molecule has 0 saturated carbocycles. The number of hydrogen-bond donors (Lipinski definition) is 2. The molecule has 0 fully saturated rings. The number of fused-ring (bicyclic) bond motifs is 1. The lowest BCUT2D eigenvalue weighted by atomic mass is 10.2. The van der Waals surface area contributed by atoms with Gasteiger partial charge in [-0.3, -0.25) is 0 Å². The Hall–Kier alpha value is -1.81. The number of benzene rings is 1. The third kappa shape index (κ3) is 1.25. The maximum Gasteiger partial charge on any atom is 0.341 e. The Kier molecular flexibility index (Phi) is 1.98. The van der Waals surface area contributed by atoms with Crippen molar-refractivity contribution >= 4 is 16.9 Å².